The summed E-state index contributed by atoms with van der Waals surface area (Å²) in [5.74, 6) is 0.00912. The largest absolute Gasteiger partial charge is 0.336 e. The molecule has 2 fully saturated rings. The van der Waals surface area contributed by atoms with E-state index >= 15 is 0 Å². The molecule has 1 heterocycles. The van der Waals surface area contributed by atoms with E-state index in [2.05, 4.69) is 35.2 Å². The Labute approximate surface area is 128 Å². The molecular weight excluding hydrogens is 264 g/mol. The maximum Gasteiger partial charge on any atom is 0.238 e. The molecule has 0 unspecified atom stereocenters. The van der Waals surface area contributed by atoms with Gasteiger partial charge in [-0.05, 0) is 33.7 Å². The van der Waals surface area contributed by atoms with Crippen LogP contribution in [0.1, 0.15) is 46.0 Å². The highest BCUT2D eigenvalue weighted by Gasteiger charge is 2.37. The van der Waals surface area contributed by atoms with Crippen molar-refractivity contribution in [1.29, 1.82) is 5.26 Å². The van der Waals surface area contributed by atoms with Crippen molar-refractivity contribution in [2.75, 3.05) is 26.7 Å². The molecule has 1 saturated heterocycles. The highest BCUT2D eigenvalue weighted by molar-refractivity contribution is 5.82. The predicted octanol–water partition coefficient (Wildman–Crippen LogP) is 1.35. The second-order valence-electron chi connectivity index (χ2n) is 6.77. The standard InChI is InChI=1S/C16H28N4O/c1-13-11-19(3)9-10-20(13)14(2)15(21)18-16(12-17)7-5-4-6-8-16/h13-14H,4-11H2,1-3H3,(H,18,21)/t13-,14-/m1/s1. The lowest BCUT2D eigenvalue weighted by molar-refractivity contribution is -0.129. The molecule has 0 aromatic carbocycles. The molecule has 0 spiro atoms. The lowest BCUT2D eigenvalue weighted by atomic mass is 9.82. The van der Waals surface area contributed by atoms with E-state index in [1.54, 1.807) is 0 Å². The fourth-order valence-electron chi connectivity index (χ4n) is 3.64. The molecule has 118 valence electrons. The first-order chi connectivity index (χ1) is 9.97. The Bertz CT molecular complexity index is 411. The second kappa shape index (κ2) is 6.76. The minimum atomic E-state index is -0.626. The molecule has 0 aromatic rings. The first-order valence-electron chi connectivity index (χ1n) is 8.15. The van der Waals surface area contributed by atoms with Gasteiger partial charge in [0.1, 0.15) is 5.54 Å². The van der Waals surface area contributed by atoms with Crippen LogP contribution in [0.15, 0.2) is 0 Å². The van der Waals surface area contributed by atoms with Crippen molar-refractivity contribution in [2.45, 2.75) is 63.6 Å². The second-order valence-corrected chi connectivity index (χ2v) is 6.77. The number of hydrogen-bond donors (Lipinski definition) is 1. The molecule has 1 amide bonds. The molecule has 21 heavy (non-hydrogen) atoms. The number of nitriles is 1. The van der Waals surface area contributed by atoms with Gasteiger partial charge in [0.2, 0.25) is 5.91 Å². The summed E-state index contributed by atoms with van der Waals surface area (Å²) in [5, 5.41) is 12.5. The van der Waals surface area contributed by atoms with Gasteiger partial charge in [-0.25, -0.2) is 0 Å². The SMILES string of the molecule is C[C@@H]1CN(C)CCN1[C@H](C)C(=O)NC1(C#N)CCCCC1. The average molecular weight is 292 g/mol. The Hall–Kier alpha value is -1.12. The van der Waals surface area contributed by atoms with Crippen LogP contribution >= 0.6 is 0 Å². The maximum atomic E-state index is 12.6. The molecule has 1 saturated carbocycles. The predicted molar refractivity (Wildman–Crippen MR) is 82.7 cm³/mol. The highest BCUT2D eigenvalue weighted by Crippen LogP contribution is 2.28. The Morgan fingerprint density at radius 2 is 2.00 bits per heavy atom. The normalized spacial score (nSPS) is 28.6. The lowest BCUT2D eigenvalue weighted by Gasteiger charge is -2.42. The number of rotatable bonds is 3. The monoisotopic (exact) mass is 292 g/mol. The average Bonchev–Trinajstić information content (AvgIpc) is 2.47. The van der Waals surface area contributed by atoms with Gasteiger partial charge in [-0.3, -0.25) is 9.69 Å². The molecule has 5 heteroatoms. The van der Waals surface area contributed by atoms with Gasteiger partial charge < -0.3 is 10.2 Å². The van der Waals surface area contributed by atoms with Gasteiger partial charge in [0.25, 0.3) is 0 Å². The van der Waals surface area contributed by atoms with E-state index in [-0.39, 0.29) is 11.9 Å². The van der Waals surface area contributed by atoms with Crippen LogP contribution in [-0.2, 0) is 4.79 Å². The summed E-state index contributed by atoms with van der Waals surface area (Å²) in [6.07, 6.45) is 4.82. The summed E-state index contributed by atoms with van der Waals surface area (Å²) in [7, 11) is 2.12. The zero-order chi connectivity index (χ0) is 15.5. The summed E-state index contributed by atoms with van der Waals surface area (Å²) in [4.78, 5) is 17.1. The first-order valence-corrected chi connectivity index (χ1v) is 8.15. The van der Waals surface area contributed by atoms with Crippen molar-refractivity contribution in [1.82, 2.24) is 15.1 Å². The number of nitrogens with one attached hydrogen (secondary N) is 1. The van der Waals surface area contributed by atoms with Crippen LogP contribution in [0.4, 0.5) is 0 Å². The quantitative estimate of drug-likeness (QED) is 0.853. The number of likely N-dealkylation sites (N-methyl/N-ethyl adjacent to an activating group) is 1. The molecule has 2 atom stereocenters. The molecule has 1 aliphatic heterocycles. The zero-order valence-corrected chi connectivity index (χ0v) is 13.6. The minimum Gasteiger partial charge on any atom is -0.336 e. The molecule has 5 nitrogen and oxygen atoms in total. The van der Waals surface area contributed by atoms with Crippen LogP contribution < -0.4 is 5.32 Å². The molecule has 0 aromatic heterocycles. The number of amides is 1. The summed E-state index contributed by atoms with van der Waals surface area (Å²) in [6, 6.07) is 2.57. The van der Waals surface area contributed by atoms with Crippen LogP contribution in [0.3, 0.4) is 0 Å². The molecule has 1 N–H and O–H groups in total. The third-order valence-electron chi connectivity index (χ3n) is 5.04. The van der Waals surface area contributed by atoms with E-state index in [4.69, 9.17) is 0 Å². The fraction of sp³-hybridized carbons (Fsp3) is 0.875. The van der Waals surface area contributed by atoms with Gasteiger partial charge in [0.05, 0.1) is 12.1 Å². The summed E-state index contributed by atoms with van der Waals surface area (Å²) in [6.45, 7) is 7.02. The van der Waals surface area contributed by atoms with Crippen molar-refractivity contribution >= 4 is 5.91 Å². The molecular formula is C16H28N4O. The van der Waals surface area contributed by atoms with Crippen molar-refractivity contribution < 1.29 is 4.79 Å². The van der Waals surface area contributed by atoms with E-state index in [0.29, 0.717) is 6.04 Å². The number of carbonyl (C=O) groups is 1. The van der Waals surface area contributed by atoms with E-state index in [1.165, 1.54) is 6.42 Å². The summed E-state index contributed by atoms with van der Waals surface area (Å²) >= 11 is 0. The molecule has 0 radical (unpaired) electrons. The van der Waals surface area contributed by atoms with Crippen molar-refractivity contribution in [3.8, 4) is 6.07 Å². The van der Waals surface area contributed by atoms with E-state index < -0.39 is 5.54 Å². The van der Waals surface area contributed by atoms with Gasteiger partial charge in [0, 0.05) is 25.7 Å². The van der Waals surface area contributed by atoms with Crippen LogP contribution in [-0.4, -0.2) is 60.0 Å². The maximum absolute atomic E-state index is 12.6. The van der Waals surface area contributed by atoms with Gasteiger partial charge in [-0.1, -0.05) is 19.3 Å². The molecule has 2 aliphatic rings. The summed E-state index contributed by atoms with van der Waals surface area (Å²) in [5.41, 5.74) is -0.626. The first kappa shape index (κ1) is 16.3. The van der Waals surface area contributed by atoms with E-state index in [9.17, 15) is 10.1 Å². The minimum absolute atomic E-state index is 0.00912. The van der Waals surface area contributed by atoms with Crippen LogP contribution in [0.5, 0.6) is 0 Å². The van der Waals surface area contributed by atoms with Crippen molar-refractivity contribution in [3.63, 3.8) is 0 Å². The summed E-state index contributed by atoms with van der Waals surface area (Å²) < 4.78 is 0. The Morgan fingerprint density at radius 3 is 2.57 bits per heavy atom. The lowest BCUT2D eigenvalue weighted by Crippen LogP contribution is -2.60. The third-order valence-corrected chi connectivity index (χ3v) is 5.04. The number of piperazine rings is 1. The van der Waals surface area contributed by atoms with Gasteiger partial charge >= 0.3 is 0 Å². The third kappa shape index (κ3) is 3.75. The van der Waals surface area contributed by atoms with Crippen molar-refractivity contribution in [2.24, 2.45) is 0 Å². The van der Waals surface area contributed by atoms with Gasteiger partial charge in [-0.2, -0.15) is 5.26 Å². The molecule has 1 aliphatic carbocycles. The molecule has 2 rings (SSSR count). The van der Waals surface area contributed by atoms with Crippen molar-refractivity contribution in [3.05, 3.63) is 0 Å². The van der Waals surface area contributed by atoms with Crippen LogP contribution in [0, 0.1) is 11.3 Å². The zero-order valence-electron chi connectivity index (χ0n) is 13.6. The number of hydrogen-bond acceptors (Lipinski definition) is 4. The van der Waals surface area contributed by atoms with Crippen LogP contribution in [0.2, 0.25) is 0 Å². The fourth-order valence-corrected chi connectivity index (χ4v) is 3.64. The van der Waals surface area contributed by atoms with Gasteiger partial charge in [-0.15, -0.1) is 0 Å². The van der Waals surface area contributed by atoms with Gasteiger partial charge in [0.15, 0.2) is 0 Å². The molecule has 0 bridgehead atoms. The Kier molecular flexibility index (Phi) is 5.23. The van der Waals surface area contributed by atoms with Crippen LogP contribution in [0.25, 0.3) is 0 Å². The Balaban J connectivity index is 1.97. The smallest absolute Gasteiger partial charge is 0.238 e. The number of carbonyl (C=O) groups excluding carboxylic acids is 1. The van der Waals surface area contributed by atoms with E-state index in [0.717, 1.165) is 45.3 Å². The van der Waals surface area contributed by atoms with E-state index in [1.807, 2.05) is 6.92 Å². The highest BCUT2D eigenvalue weighted by atomic mass is 16.2. The number of nitrogens with zero attached hydrogens (tertiary/aromatic N) is 3. The topological polar surface area (TPSA) is 59.4 Å². The Morgan fingerprint density at radius 1 is 1.33 bits per heavy atom.